The van der Waals surface area contributed by atoms with Crippen LogP contribution in [-0.2, 0) is 22.6 Å². The highest BCUT2D eigenvalue weighted by molar-refractivity contribution is 6.30. The Hall–Kier alpha value is -2.86. The zero-order chi connectivity index (χ0) is 23.7. The molecule has 2 fully saturated rings. The third-order valence-corrected chi connectivity index (χ3v) is 7.74. The van der Waals surface area contributed by atoms with Crippen molar-refractivity contribution in [3.05, 3.63) is 70.2 Å². The molecule has 0 unspecified atom stereocenters. The van der Waals surface area contributed by atoms with Gasteiger partial charge < -0.3 is 14.7 Å². The topological polar surface area (TPSA) is 60.9 Å². The molecular formula is C27H30ClN3O3. The maximum atomic E-state index is 13.2. The predicted octanol–water partition coefficient (Wildman–Crippen LogP) is 3.77. The number of halogens is 1. The van der Waals surface area contributed by atoms with Gasteiger partial charge in [-0.25, -0.2) is 0 Å². The van der Waals surface area contributed by atoms with E-state index in [9.17, 15) is 14.4 Å². The van der Waals surface area contributed by atoms with E-state index in [1.807, 2.05) is 57.2 Å². The van der Waals surface area contributed by atoms with Gasteiger partial charge in [-0.05, 0) is 55.0 Å². The van der Waals surface area contributed by atoms with Crippen molar-refractivity contribution in [2.45, 2.75) is 44.7 Å². The SMILES string of the molecule is O=C(Cc1cccc(Cl)c1)N1CCC(C(=O)N2CCC(N3Cc4ccccc4C3=O)CC2)CC1. The second-order valence-electron chi connectivity index (χ2n) is 9.61. The van der Waals surface area contributed by atoms with E-state index in [0.717, 1.165) is 29.5 Å². The van der Waals surface area contributed by atoms with E-state index in [2.05, 4.69) is 0 Å². The molecule has 3 amide bonds. The number of hydrogen-bond acceptors (Lipinski definition) is 3. The Balaban J connectivity index is 1.09. The molecule has 0 aliphatic carbocycles. The van der Waals surface area contributed by atoms with Gasteiger partial charge in [0.1, 0.15) is 0 Å². The Labute approximate surface area is 205 Å². The largest absolute Gasteiger partial charge is 0.342 e. The van der Waals surface area contributed by atoms with Crippen molar-refractivity contribution in [2.24, 2.45) is 5.92 Å². The molecule has 2 aromatic carbocycles. The molecule has 0 aromatic heterocycles. The quantitative estimate of drug-likeness (QED) is 0.670. The third kappa shape index (κ3) is 4.69. The lowest BCUT2D eigenvalue weighted by atomic mass is 9.93. The molecule has 0 bridgehead atoms. The highest BCUT2D eigenvalue weighted by Crippen LogP contribution is 2.29. The first-order valence-electron chi connectivity index (χ1n) is 12.2. The van der Waals surface area contributed by atoms with E-state index in [1.54, 1.807) is 6.07 Å². The molecule has 0 spiro atoms. The number of carbonyl (C=O) groups excluding carboxylic acids is 3. The Bertz CT molecular complexity index is 1090. The van der Waals surface area contributed by atoms with E-state index in [4.69, 9.17) is 11.6 Å². The Morgan fingerprint density at radius 2 is 1.59 bits per heavy atom. The van der Waals surface area contributed by atoms with E-state index < -0.39 is 0 Å². The minimum atomic E-state index is -0.0237. The molecule has 34 heavy (non-hydrogen) atoms. The van der Waals surface area contributed by atoms with Crippen LogP contribution in [0.3, 0.4) is 0 Å². The van der Waals surface area contributed by atoms with Gasteiger partial charge in [-0.2, -0.15) is 0 Å². The van der Waals surface area contributed by atoms with Gasteiger partial charge in [0, 0.05) is 55.3 Å². The highest BCUT2D eigenvalue weighted by Gasteiger charge is 2.37. The first-order chi connectivity index (χ1) is 16.5. The fraction of sp³-hybridized carbons (Fsp3) is 0.444. The van der Waals surface area contributed by atoms with Crippen molar-refractivity contribution < 1.29 is 14.4 Å². The predicted molar refractivity (Wildman–Crippen MR) is 130 cm³/mol. The van der Waals surface area contributed by atoms with Gasteiger partial charge in [0.05, 0.1) is 6.42 Å². The van der Waals surface area contributed by atoms with Crippen LogP contribution in [0, 0.1) is 5.92 Å². The van der Waals surface area contributed by atoms with Crippen LogP contribution in [0.2, 0.25) is 5.02 Å². The van der Waals surface area contributed by atoms with Crippen molar-refractivity contribution in [3.63, 3.8) is 0 Å². The van der Waals surface area contributed by atoms with Crippen LogP contribution in [0.15, 0.2) is 48.5 Å². The number of carbonyl (C=O) groups is 3. The molecule has 2 saturated heterocycles. The number of hydrogen-bond donors (Lipinski definition) is 0. The van der Waals surface area contributed by atoms with Crippen LogP contribution in [-0.4, -0.2) is 64.6 Å². The summed E-state index contributed by atoms with van der Waals surface area (Å²) in [6, 6.07) is 15.4. The van der Waals surface area contributed by atoms with Crippen LogP contribution in [0.25, 0.3) is 0 Å². The van der Waals surface area contributed by atoms with Crippen LogP contribution in [0.5, 0.6) is 0 Å². The van der Waals surface area contributed by atoms with Crippen LogP contribution in [0.4, 0.5) is 0 Å². The van der Waals surface area contributed by atoms with Crippen molar-refractivity contribution in [3.8, 4) is 0 Å². The highest BCUT2D eigenvalue weighted by atomic mass is 35.5. The Morgan fingerprint density at radius 1 is 0.882 bits per heavy atom. The van der Waals surface area contributed by atoms with Crippen molar-refractivity contribution in [1.29, 1.82) is 0 Å². The second-order valence-corrected chi connectivity index (χ2v) is 10.0. The molecular weight excluding hydrogens is 450 g/mol. The average Bonchev–Trinajstić information content (AvgIpc) is 3.20. The summed E-state index contributed by atoms with van der Waals surface area (Å²) < 4.78 is 0. The molecule has 0 N–H and O–H groups in total. The molecule has 3 aliphatic rings. The summed E-state index contributed by atoms with van der Waals surface area (Å²) in [6.45, 7) is 3.30. The van der Waals surface area contributed by atoms with Crippen molar-refractivity contribution in [2.75, 3.05) is 26.2 Å². The van der Waals surface area contributed by atoms with Crippen LogP contribution < -0.4 is 0 Å². The van der Waals surface area contributed by atoms with Gasteiger partial charge >= 0.3 is 0 Å². The molecule has 3 aliphatic heterocycles. The number of likely N-dealkylation sites (tertiary alicyclic amines) is 2. The molecule has 5 rings (SSSR count). The third-order valence-electron chi connectivity index (χ3n) is 7.51. The minimum Gasteiger partial charge on any atom is -0.342 e. The molecule has 2 aromatic rings. The Kier molecular flexibility index (Phi) is 6.59. The normalized spacial score (nSPS) is 19.4. The fourth-order valence-electron chi connectivity index (χ4n) is 5.54. The lowest BCUT2D eigenvalue weighted by Crippen LogP contribution is -2.50. The van der Waals surface area contributed by atoms with Crippen LogP contribution >= 0.6 is 11.6 Å². The number of rotatable bonds is 4. The zero-order valence-corrected chi connectivity index (χ0v) is 20.0. The van der Waals surface area contributed by atoms with Gasteiger partial charge in [0.15, 0.2) is 0 Å². The standard InChI is InChI=1S/C27H30ClN3O3/c28-22-6-3-4-19(16-22)17-25(32)29-12-8-20(9-13-29)26(33)30-14-10-23(11-15-30)31-18-21-5-1-2-7-24(21)27(31)34/h1-7,16,20,23H,8-15,17-18H2. The summed E-state index contributed by atoms with van der Waals surface area (Å²) in [7, 11) is 0. The second kappa shape index (κ2) is 9.79. The number of piperidine rings is 2. The molecule has 0 atom stereocenters. The average molecular weight is 480 g/mol. The smallest absolute Gasteiger partial charge is 0.254 e. The van der Waals surface area contributed by atoms with E-state index >= 15 is 0 Å². The van der Waals surface area contributed by atoms with Crippen molar-refractivity contribution >= 4 is 29.3 Å². The van der Waals surface area contributed by atoms with Gasteiger partial charge in [-0.15, -0.1) is 0 Å². The lowest BCUT2D eigenvalue weighted by molar-refractivity contribution is -0.141. The van der Waals surface area contributed by atoms with Gasteiger partial charge in [-0.3, -0.25) is 14.4 Å². The van der Waals surface area contributed by atoms with Crippen molar-refractivity contribution in [1.82, 2.24) is 14.7 Å². The fourth-order valence-corrected chi connectivity index (χ4v) is 5.75. The van der Waals surface area contributed by atoms with E-state index in [-0.39, 0.29) is 29.7 Å². The Morgan fingerprint density at radius 3 is 2.29 bits per heavy atom. The number of fused-ring (bicyclic) bond motifs is 1. The summed E-state index contributed by atoms with van der Waals surface area (Å²) in [4.78, 5) is 44.4. The van der Waals surface area contributed by atoms with Gasteiger partial charge in [0.2, 0.25) is 11.8 Å². The molecule has 3 heterocycles. The number of amides is 3. The summed E-state index contributed by atoms with van der Waals surface area (Å²) >= 11 is 6.03. The monoisotopic (exact) mass is 479 g/mol. The first kappa shape index (κ1) is 22.9. The summed E-state index contributed by atoms with van der Waals surface area (Å²) in [5.41, 5.74) is 2.83. The van der Waals surface area contributed by atoms with Crippen LogP contribution in [0.1, 0.15) is 47.2 Å². The minimum absolute atomic E-state index is 0.0237. The molecule has 0 radical (unpaired) electrons. The zero-order valence-electron chi connectivity index (χ0n) is 19.3. The summed E-state index contributed by atoms with van der Waals surface area (Å²) in [5, 5.41) is 0.636. The number of nitrogens with zero attached hydrogens (tertiary/aromatic N) is 3. The van der Waals surface area contributed by atoms with E-state index in [0.29, 0.717) is 57.0 Å². The molecule has 178 valence electrons. The van der Waals surface area contributed by atoms with E-state index in [1.165, 1.54) is 0 Å². The van der Waals surface area contributed by atoms with Gasteiger partial charge in [-0.1, -0.05) is 41.9 Å². The van der Waals surface area contributed by atoms with Gasteiger partial charge in [0.25, 0.3) is 5.91 Å². The summed E-state index contributed by atoms with van der Waals surface area (Å²) in [6.07, 6.45) is 3.40. The maximum absolute atomic E-state index is 13.2. The lowest BCUT2D eigenvalue weighted by Gasteiger charge is -2.39. The molecule has 6 nitrogen and oxygen atoms in total. The number of benzene rings is 2. The maximum Gasteiger partial charge on any atom is 0.254 e. The molecule has 0 saturated carbocycles. The first-order valence-corrected chi connectivity index (χ1v) is 12.6. The molecule has 7 heteroatoms. The summed E-state index contributed by atoms with van der Waals surface area (Å²) in [5.74, 6) is 0.390.